The fourth-order valence-corrected chi connectivity index (χ4v) is 5.59. The molecule has 29 heavy (non-hydrogen) atoms. The van der Waals surface area contributed by atoms with Gasteiger partial charge in [0.2, 0.25) is 10.0 Å². The Kier molecular flexibility index (Phi) is 7.87. The Morgan fingerprint density at radius 3 is 2.34 bits per heavy atom. The fraction of sp³-hybridized carbons (Fsp3) is 0.500. The number of nitrogens with zero attached hydrogens (tertiary/aromatic N) is 2. The summed E-state index contributed by atoms with van der Waals surface area (Å²) in [5.41, 5.74) is 2.17. The Morgan fingerprint density at radius 2 is 1.69 bits per heavy atom. The molecule has 0 amide bonds. The molecule has 1 aliphatic rings. The van der Waals surface area contributed by atoms with E-state index in [0.29, 0.717) is 24.0 Å². The second-order valence-electron chi connectivity index (χ2n) is 7.92. The third-order valence-electron chi connectivity index (χ3n) is 6.03. The van der Waals surface area contributed by atoms with Crippen molar-refractivity contribution < 1.29 is 8.42 Å². The lowest BCUT2D eigenvalue weighted by Gasteiger charge is -2.36. The normalized spacial score (nSPS) is 18.2. The fourth-order valence-electron chi connectivity index (χ4n) is 4.17. The van der Waals surface area contributed by atoms with Gasteiger partial charge in [0.15, 0.2) is 0 Å². The van der Waals surface area contributed by atoms with E-state index in [9.17, 15) is 8.42 Å². The summed E-state index contributed by atoms with van der Waals surface area (Å²) in [5, 5.41) is 0. The van der Waals surface area contributed by atoms with Crippen molar-refractivity contribution in [2.24, 2.45) is 0 Å². The van der Waals surface area contributed by atoms with E-state index in [4.69, 9.17) is 0 Å². The standard InChI is InChI=1S/C24H34N2O2S/c1-3-21-13-15-24(16-14-21)29(27,28)26(20-22-10-6-5-7-11-22)19-18-25-17-9-8-12-23(25)4-2/h5-7,10-11,13-16,23H,3-4,8-9,12,17-20H2,1-2H3. The molecule has 1 atom stereocenters. The third kappa shape index (κ3) is 5.68. The van der Waals surface area contributed by atoms with Crippen molar-refractivity contribution in [3.8, 4) is 0 Å². The zero-order chi connectivity index (χ0) is 20.7. The number of likely N-dealkylation sites (tertiary alicyclic amines) is 1. The number of hydrogen-bond acceptors (Lipinski definition) is 3. The number of benzene rings is 2. The van der Waals surface area contributed by atoms with Gasteiger partial charge in [0.25, 0.3) is 0 Å². The molecule has 0 spiro atoms. The van der Waals surface area contributed by atoms with Crippen LogP contribution < -0.4 is 0 Å². The molecule has 1 heterocycles. The van der Waals surface area contributed by atoms with E-state index < -0.39 is 10.0 Å². The lowest BCUT2D eigenvalue weighted by Crippen LogP contribution is -2.44. The molecule has 1 fully saturated rings. The van der Waals surface area contributed by atoms with Crippen LogP contribution in [0.15, 0.2) is 59.5 Å². The number of hydrogen-bond donors (Lipinski definition) is 0. The van der Waals surface area contributed by atoms with E-state index in [1.807, 2.05) is 42.5 Å². The van der Waals surface area contributed by atoms with Crippen molar-refractivity contribution in [2.75, 3.05) is 19.6 Å². The maximum absolute atomic E-state index is 13.5. The molecule has 4 nitrogen and oxygen atoms in total. The van der Waals surface area contributed by atoms with Crippen molar-refractivity contribution in [3.05, 3.63) is 65.7 Å². The maximum atomic E-state index is 13.5. The van der Waals surface area contributed by atoms with Crippen LogP contribution in [0.25, 0.3) is 0 Å². The summed E-state index contributed by atoms with van der Waals surface area (Å²) in [6.45, 7) is 7.10. The maximum Gasteiger partial charge on any atom is 0.243 e. The van der Waals surface area contributed by atoms with Crippen LogP contribution in [0, 0.1) is 0 Å². The SMILES string of the molecule is CCc1ccc(S(=O)(=O)N(CCN2CCCCC2CC)Cc2ccccc2)cc1. The van der Waals surface area contributed by atoms with Crippen molar-refractivity contribution >= 4 is 10.0 Å². The summed E-state index contributed by atoms with van der Waals surface area (Å²) in [7, 11) is -3.54. The van der Waals surface area contributed by atoms with Gasteiger partial charge in [-0.15, -0.1) is 0 Å². The van der Waals surface area contributed by atoms with Gasteiger partial charge in [-0.1, -0.05) is 62.7 Å². The molecule has 3 rings (SSSR count). The molecule has 0 radical (unpaired) electrons. The van der Waals surface area contributed by atoms with E-state index in [2.05, 4.69) is 18.7 Å². The Hall–Kier alpha value is -1.69. The summed E-state index contributed by atoms with van der Waals surface area (Å²) in [5.74, 6) is 0. The monoisotopic (exact) mass is 414 g/mol. The van der Waals surface area contributed by atoms with Crippen LogP contribution in [-0.2, 0) is 23.0 Å². The van der Waals surface area contributed by atoms with Crippen molar-refractivity contribution in [1.29, 1.82) is 0 Å². The first kappa shape index (κ1) is 22.0. The molecule has 0 N–H and O–H groups in total. The molecule has 0 saturated carbocycles. The van der Waals surface area contributed by atoms with E-state index in [1.165, 1.54) is 19.3 Å². The number of aryl methyl sites for hydroxylation is 1. The van der Waals surface area contributed by atoms with Crippen LogP contribution in [0.4, 0.5) is 0 Å². The first-order valence-electron chi connectivity index (χ1n) is 10.9. The summed E-state index contributed by atoms with van der Waals surface area (Å²) in [6, 6.07) is 17.8. The topological polar surface area (TPSA) is 40.6 Å². The highest BCUT2D eigenvalue weighted by molar-refractivity contribution is 7.89. The quantitative estimate of drug-likeness (QED) is 0.597. The van der Waals surface area contributed by atoms with E-state index >= 15 is 0 Å². The molecule has 158 valence electrons. The van der Waals surface area contributed by atoms with Crippen molar-refractivity contribution in [3.63, 3.8) is 0 Å². The largest absolute Gasteiger partial charge is 0.299 e. The molecule has 1 aliphatic heterocycles. The van der Waals surface area contributed by atoms with Gasteiger partial charge in [0, 0.05) is 25.7 Å². The first-order valence-corrected chi connectivity index (χ1v) is 12.4. The molecule has 0 aliphatic carbocycles. The minimum atomic E-state index is -3.54. The van der Waals surface area contributed by atoms with Crippen LogP contribution in [0.1, 0.15) is 50.7 Å². The highest BCUT2D eigenvalue weighted by atomic mass is 32.2. The average Bonchev–Trinajstić information content (AvgIpc) is 2.77. The molecule has 2 aromatic carbocycles. The minimum absolute atomic E-state index is 0.385. The zero-order valence-electron chi connectivity index (χ0n) is 17.8. The summed E-state index contributed by atoms with van der Waals surface area (Å²) in [6.07, 6.45) is 5.75. The van der Waals surface area contributed by atoms with Crippen LogP contribution in [0.3, 0.4) is 0 Å². The molecule has 2 aromatic rings. The molecular weight excluding hydrogens is 380 g/mol. The molecule has 1 unspecified atom stereocenters. The van der Waals surface area contributed by atoms with E-state index in [0.717, 1.165) is 37.1 Å². The van der Waals surface area contributed by atoms with Gasteiger partial charge in [-0.3, -0.25) is 4.90 Å². The summed E-state index contributed by atoms with van der Waals surface area (Å²) < 4.78 is 28.6. The van der Waals surface area contributed by atoms with Crippen LogP contribution in [0.5, 0.6) is 0 Å². The van der Waals surface area contributed by atoms with Crippen LogP contribution in [-0.4, -0.2) is 43.3 Å². The van der Waals surface area contributed by atoms with Gasteiger partial charge in [0.1, 0.15) is 0 Å². The lowest BCUT2D eigenvalue weighted by molar-refractivity contribution is 0.135. The predicted molar refractivity (Wildman–Crippen MR) is 119 cm³/mol. The molecular formula is C24H34N2O2S. The number of sulfonamides is 1. The van der Waals surface area contributed by atoms with Gasteiger partial charge in [-0.25, -0.2) is 8.42 Å². The van der Waals surface area contributed by atoms with Crippen LogP contribution in [0.2, 0.25) is 0 Å². The van der Waals surface area contributed by atoms with Gasteiger partial charge < -0.3 is 0 Å². The second-order valence-corrected chi connectivity index (χ2v) is 9.85. The van der Waals surface area contributed by atoms with E-state index in [-0.39, 0.29) is 0 Å². The average molecular weight is 415 g/mol. The minimum Gasteiger partial charge on any atom is -0.299 e. The van der Waals surface area contributed by atoms with Gasteiger partial charge in [-0.2, -0.15) is 4.31 Å². The highest BCUT2D eigenvalue weighted by Crippen LogP contribution is 2.22. The third-order valence-corrected chi connectivity index (χ3v) is 7.89. The molecule has 5 heteroatoms. The van der Waals surface area contributed by atoms with E-state index in [1.54, 1.807) is 16.4 Å². The Balaban J connectivity index is 1.81. The molecule has 0 aromatic heterocycles. The van der Waals surface area contributed by atoms with Gasteiger partial charge >= 0.3 is 0 Å². The molecule has 0 bridgehead atoms. The predicted octanol–water partition coefficient (Wildman–Crippen LogP) is 4.70. The Labute approximate surface area is 176 Å². The van der Waals surface area contributed by atoms with Crippen molar-refractivity contribution in [2.45, 2.75) is 63.4 Å². The van der Waals surface area contributed by atoms with Crippen molar-refractivity contribution in [1.82, 2.24) is 9.21 Å². The second kappa shape index (κ2) is 10.4. The van der Waals surface area contributed by atoms with Gasteiger partial charge in [0.05, 0.1) is 4.90 Å². The Bertz CT molecular complexity index is 850. The smallest absolute Gasteiger partial charge is 0.243 e. The van der Waals surface area contributed by atoms with Crippen LogP contribution >= 0.6 is 0 Å². The summed E-state index contributed by atoms with van der Waals surface area (Å²) in [4.78, 5) is 2.87. The zero-order valence-corrected chi connectivity index (χ0v) is 18.6. The first-order chi connectivity index (χ1) is 14.0. The summed E-state index contributed by atoms with van der Waals surface area (Å²) >= 11 is 0. The number of rotatable bonds is 9. The highest BCUT2D eigenvalue weighted by Gasteiger charge is 2.27. The lowest BCUT2D eigenvalue weighted by atomic mass is 10.0. The van der Waals surface area contributed by atoms with Gasteiger partial charge in [-0.05, 0) is 55.5 Å². The number of piperidine rings is 1. The molecule has 1 saturated heterocycles. The Morgan fingerprint density at radius 1 is 0.966 bits per heavy atom.